The number of aliphatic hydroxyl groups is 1. The molecule has 1 aliphatic heterocycles. The summed E-state index contributed by atoms with van der Waals surface area (Å²) in [5.74, 6) is -1.24. The van der Waals surface area contributed by atoms with Crippen molar-refractivity contribution in [3.05, 3.63) is 29.8 Å². The highest BCUT2D eigenvalue weighted by Gasteiger charge is 2.41. The standard InChI is InChI=1S/C14H18F3NO/c1-10(19)11-4-6-13(7-5-11)18-8-2-3-12(9-18)14(15,16)17/h4-7,10,12,19H,2-3,8-9H2,1H3/t10-,12?/m1/s1. The summed E-state index contributed by atoms with van der Waals surface area (Å²) < 4.78 is 38.2. The number of nitrogens with zero attached hydrogens (tertiary/aromatic N) is 1. The minimum Gasteiger partial charge on any atom is -0.389 e. The van der Waals surface area contributed by atoms with Gasteiger partial charge in [-0.1, -0.05) is 12.1 Å². The molecule has 106 valence electrons. The molecule has 0 saturated carbocycles. The van der Waals surface area contributed by atoms with Crippen LogP contribution in [-0.4, -0.2) is 24.4 Å². The molecule has 0 spiro atoms. The predicted octanol–water partition coefficient (Wildman–Crippen LogP) is 3.52. The number of anilines is 1. The van der Waals surface area contributed by atoms with Crippen molar-refractivity contribution in [1.29, 1.82) is 0 Å². The zero-order valence-corrected chi connectivity index (χ0v) is 10.8. The van der Waals surface area contributed by atoms with E-state index >= 15 is 0 Å². The van der Waals surface area contributed by atoms with Crippen molar-refractivity contribution in [3.8, 4) is 0 Å². The van der Waals surface area contributed by atoms with Crippen LogP contribution in [-0.2, 0) is 0 Å². The average molecular weight is 273 g/mol. The second-order valence-electron chi connectivity index (χ2n) is 5.09. The molecule has 1 N–H and O–H groups in total. The Morgan fingerprint density at radius 2 is 1.89 bits per heavy atom. The molecule has 1 aliphatic rings. The van der Waals surface area contributed by atoms with E-state index < -0.39 is 18.2 Å². The molecule has 1 aromatic carbocycles. The zero-order chi connectivity index (χ0) is 14.0. The van der Waals surface area contributed by atoms with Gasteiger partial charge in [0.05, 0.1) is 12.0 Å². The van der Waals surface area contributed by atoms with E-state index in [1.54, 1.807) is 36.1 Å². The maximum absolute atomic E-state index is 12.7. The molecule has 1 heterocycles. The Morgan fingerprint density at radius 1 is 1.26 bits per heavy atom. The average Bonchev–Trinajstić information content (AvgIpc) is 2.38. The summed E-state index contributed by atoms with van der Waals surface area (Å²) in [5, 5.41) is 9.41. The van der Waals surface area contributed by atoms with Gasteiger partial charge in [0.1, 0.15) is 0 Å². The lowest BCUT2D eigenvalue weighted by molar-refractivity contribution is -0.175. The molecule has 0 radical (unpaired) electrons. The molecule has 1 fully saturated rings. The fourth-order valence-electron chi connectivity index (χ4n) is 2.44. The van der Waals surface area contributed by atoms with E-state index in [9.17, 15) is 18.3 Å². The Morgan fingerprint density at radius 3 is 2.42 bits per heavy atom. The SMILES string of the molecule is C[C@@H](O)c1ccc(N2CCCC(C(F)(F)F)C2)cc1. The topological polar surface area (TPSA) is 23.5 Å². The van der Waals surface area contributed by atoms with E-state index in [0.29, 0.717) is 13.0 Å². The summed E-state index contributed by atoms with van der Waals surface area (Å²) in [6, 6.07) is 7.08. The van der Waals surface area contributed by atoms with Gasteiger partial charge in [-0.3, -0.25) is 0 Å². The van der Waals surface area contributed by atoms with Gasteiger partial charge in [-0.15, -0.1) is 0 Å². The first-order valence-corrected chi connectivity index (χ1v) is 6.47. The molecule has 5 heteroatoms. The summed E-state index contributed by atoms with van der Waals surface area (Å²) in [6.07, 6.45) is -3.90. The minimum atomic E-state index is -4.11. The van der Waals surface area contributed by atoms with Crippen LogP contribution in [0.25, 0.3) is 0 Å². The van der Waals surface area contributed by atoms with Crippen molar-refractivity contribution in [1.82, 2.24) is 0 Å². The third kappa shape index (κ3) is 3.41. The molecule has 19 heavy (non-hydrogen) atoms. The van der Waals surface area contributed by atoms with E-state index in [1.807, 2.05) is 0 Å². The lowest BCUT2D eigenvalue weighted by Gasteiger charge is -2.35. The van der Waals surface area contributed by atoms with E-state index in [4.69, 9.17) is 0 Å². The van der Waals surface area contributed by atoms with Gasteiger partial charge in [-0.25, -0.2) is 0 Å². The van der Waals surface area contributed by atoms with Gasteiger partial charge in [0, 0.05) is 18.8 Å². The first-order valence-electron chi connectivity index (χ1n) is 6.47. The van der Waals surface area contributed by atoms with Crippen LogP contribution >= 0.6 is 0 Å². The van der Waals surface area contributed by atoms with Crippen molar-refractivity contribution in [2.24, 2.45) is 5.92 Å². The van der Waals surface area contributed by atoms with E-state index in [2.05, 4.69) is 0 Å². The third-order valence-electron chi connectivity index (χ3n) is 3.62. The number of benzene rings is 1. The molecular weight excluding hydrogens is 255 g/mol. The second kappa shape index (κ2) is 5.41. The van der Waals surface area contributed by atoms with Crippen molar-refractivity contribution in [2.45, 2.75) is 32.0 Å². The summed E-state index contributed by atoms with van der Waals surface area (Å²) in [5.41, 5.74) is 1.56. The summed E-state index contributed by atoms with van der Waals surface area (Å²) in [4.78, 5) is 1.77. The molecule has 1 unspecified atom stereocenters. The molecule has 2 nitrogen and oxygen atoms in total. The van der Waals surface area contributed by atoms with Crippen LogP contribution in [0.15, 0.2) is 24.3 Å². The molecular formula is C14H18F3NO. The fourth-order valence-corrected chi connectivity index (χ4v) is 2.44. The monoisotopic (exact) mass is 273 g/mol. The predicted molar refractivity (Wildman–Crippen MR) is 68.1 cm³/mol. The van der Waals surface area contributed by atoms with Gasteiger partial charge in [0.15, 0.2) is 0 Å². The smallest absolute Gasteiger partial charge is 0.389 e. The van der Waals surface area contributed by atoms with Gasteiger partial charge in [0.25, 0.3) is 0 Å². The largest absolute Gasteiger partial charge is 0.393 e. The molecule has 0 aromatic heterocycles. The molecule has 0 aliphatic carbocycles. The van der Waals surface area contributed by atoms with Crippen LogP contribution in [0, 0.1) is 5.92 Å². The Bertz CT molecular complexity index is 414. The molecule has 0 amide bonds. The van der Waals surface area contributed by atoms with Crippen molar-refractivity contribution in [2.75, 3.05) is 18.0 Å². The van der Waals surface area contributed by atoms with Crippen LogP contribution in [0.3, 0.4) is 0 Å². The summed E-state index contributed by atoms with van der Waals surface area (Å²) in [6.45, 7) is 2.34. The molecule has 1 saturated heterocycles. The van der Waals surface area contributed by atoms with Crippen LogP contribution in [0.5, 0.6) is 0 Å². The lowest BCUT2D eigenvalue weighted by Crippen LogP contribution is -2.41. The van der Waals surface area contributed by atoms with Gasteiger partial charge < -0.3 is 10.0 Å². The highest BCUT2D eigenvalue weighted by Crippen LogP contribution is 2.34. The minimum absolute atomic E-state index is 0.0253. The quantitative estimate of drug-likeness (QED) is 0.891. The number of halogens is 3. The maximum Gasteiger partial charge on any atom is 0.393 e. The number of rotatable bonds is 2. The highest BCUT2D eigenvalue weighted by molar-refractivity contribution is 5.48. The number of aliphatic hydroxyl groups excluding tert-OH is 1. The Kier molecular flexibility index (Phi) is 4.04. The second-order valence-corrected chi connectivity index (χ2v) is 5.09. The zero-order valence-electron chi connectivity index (χ0n) is 10.8. The van der Waals surface area contributed by atoms with Crippen LogP contribution < -0.4 is 4.90 Å². The first-order chi connectivity index (χ1) is 8.88. The molecule has 0 bridgehead atoms. The van der Waals surface area contributed by atoms with Crippen LogP contribution in [0.1, 0.15) is 31.4 Å². The van der Waals surface area contributed by atoms with Gasteiger partial charge >= 0.3 is 6.18 Å². The fraction of sp³-hybridized carbons (Fsp3) is 0.571. The van der Waals surface area contributed by atoms with Crippen LogP contribution in [0.2, 0.25) is 0 Å². The molecule has 2 rings (SSSR count). The van der Waals surface area contributed by atoms with E-state index in [1.165, 1.54) is 0 Å². The first kappa shape index (κ1) is 14.2. The number of hydrogen-bond acceptors (Lipinski definition) is 2. The van der Waals surface area contributed by atoms with Gasteiger partial charge in [-0.2, -0.15) is 13.2 Å². The normalized spacial score (nSPS) is 22.4. The van der Waals surface area contributed by atoms with Crippen LogP contribution in [0.4, 0.5) is 18.9 Å². The van der Waals surface area contributed by atoms with E-state index in [-0.39, 0.29) is 13.0 Å². The highest BCUT2D eigenvalue weighted by atomic mass is 19.4. The molecule has 2 atom stereocenters. The third-order valence-corrected chi connectivity index (χ3v) is 3.62. The van der Waals surface area contributed by atoms with Crippen molar-refractivity contribution < 1.29 is 18.3 Å². The van der Waals surface area contributed by atoms with Gasteiger partial charge in [0.2, 0.25) is 0 Å². The van der Waals surface area contributed by atoms with Gasteiger partial charge in [-0.05, 0) is 37.5 Å². The number of piperidine rings is 1. The lowest BCUT2D eigenvalue weighted by atomic mass is 9.97. The number of hydrogen-bond donors (Lipinski definition) is 1. The Hall–Kier alpha value is -1.23. The Labute approximate surface area is 110 Å². The van der Waals surface area contributed by atoms with E-state index in [0.717, 1.165) is 11.3 Å². The summed E-state index contributed by atoms with van der Waals surface area (Å²) >= 11 is 0. The number of alkyl halides is 3. The summed E-state index contributed by atoms with van der Waals surface area (Å²) in [7, 11) is 0. The Balaban J connectivity index is 2.09. The molecule has 1 aromatic rings. The van der Waals surface area contributed by atoms with Crippen molar-refractivity contribution in [3.63, 3.8) is 0 Å². The van der Waals surface area contributed by atoms with Crippen molar-refractivity contribution >= 4 is 5.69 Å². The maximum atomic E-state index is 12.7.